The molecule has 2 heterocycles. The average Bonchev–Trinajstić information content (AvgIpc) is 2.98. The van der Waals surface area contributed by atoms with Crippen LogP contribution >= 0.6 is 23.2 Å². The van der Waals surface area contributed by atoms with Gasteiger partial charge in [0.05, 0.1) is 13.2 Å². The van der Waals surface area contributed by atoms with E-state index in [-0.39, 0.29) is 0 Å². The summed E-state index contributed by atoms with van der Waals surface area (Å²) in [5.74, 6) is 1.52. The Morgan fingerprint density at radius 3 is 1.30 bits per heavy atom. The van der Waals surface area contributed by atoms with Crippen molar-refractivity contribution in [3.8, 4) is 44.9 Å². The molecule has 0 aliphatic carbocycles. The van der Waals surface area contributed by atoms with Gasteiger partial charge in [0.15, 0.2) is 0 Å². The van der Waals surface area contributed by atoms with Crippen LogP contribution in [0.1, 0.15) is 13.8 Å². The molecule has 0 N–H and O–H groups in total. The molecule has 0 atom stereocenters. The highest BCUT2D eigenvalue weighted by Gasteiger charge is 2.23. The monoisotopic (exact) mass is 564 g/mol. The maximum atomic E-state index is 6.57. The number of hydrogen-bond acceptors (Lipinski definition) is 4. The topological polar surface area (TPSA) is 44.2 Å². The standard InChI is InChI=1S/C34H26Cl2N2O2/c1-3-39-31-19-27(21-9-13-37-14-10-21)29-17-23(35)5-7-25(29)33(31)34-26-8-6-24(36)18-30(26)28(20-32(34)40-4-2)22-11-15-38-16-12-22/h5-20H,3-4H2,1-2H3. The van der Waals surface area contributed by atoms with E-state index in [2.05, 4.69) is 34.2 Å². The minimum absolute atomic E-state index is 0.505. The van der Waals surface area contributed by atoms with Gasteiger partial charge in [0, 0.05) is 46.0 Å². The van der Waals surface area contributed by atoms with Gasteiger partial charge in [-0.15, -0.1) is 0 Å². The Labute approximate surface area is 243 Å². The third kappa shape index (κ3) is 4.74. The van der Waals surface area contributed by atoms with Crippen LogP contribution in [-0.4, -0.2) is 23.2 Å². The van der Waals surface area contributed by atoms with Crippen LogP contribution in [-0.2, 0) is 0 Å². The first-order valence-electron chi connectivity index (χ1n) is 13.2. The number of halogens is 2. The van der Waals surface area contributed by atoms with Crippen molar-refractivity contribution in [1.29, 1.82) is 0 Å². The van der Waals surface area contributed by atoms with Crippen molar-refractivity contribution in [2.24, 2.45) is 0 Å². The molecule has 6 heteroatoms. The van der Waals surface area contributed by atoms with Crippen LogP contribution in [0.25, 0.3) is 54.9 Å². The molecule has 4 nitrogen and oxygen atoms in total. The molecule has 0 bridgehead atoms. The fourth-order valence-electron chi connectivity index (χ4n) is 5.34. The van der Waals surface area contributed by atoms with E-state index in [0.717, 1.165) is 66.4 Å². The van der Waals surface area contributed by atoms with Gasteiger partial charge in [-0.1, -0.05) is 35.3 Å². The molecule has 0 amide bonds. The van der Waals surface area contributed by atoms with Crippen LogP contribution in [0.4, 0.5) is 0 Å². The maximum Gasteiger partial charge on any atom is 0.128 e. The molecule has 198 valence electrons. The number of ether oxygens (including phenoxy) is 2. The third-order valence-electron chi connectivity index (χ3n) is 6.96. The second kappa shape index (κ2) is 11.2. The van der Waals surface area contributed by atoms with Gasteiger partial charge >= 0.3 is 0 Å². The van der Waals surface area contributed by atoms with Crippen molar-refractivity contribution in [2.45, 2.75) is 13.8 Å². The summed E-state index contributed by atoms with van der Waals surface area (Å²) in [5, 5.41) is 5.37. The van der Waals surface area contributed by atoms with Gasteiger partial charge in [-0.3, -0.25) is 9.97 Å². The van der Waals surface area contributed by atoms with Crippen molar-refractivity contribution in [1.82, 2.24) is 9.97 Å². The molecular weight excluding hydrogens is 539 g/mol. The molecule has 0 spiro atoms. The molecule has 4 aromatic carbocycles. The highest BCUT2D eigenvalue weighted by molar-refractivity contribution is 6.32. The minimum Gasteiger partial charge on any atom is -0.493 e. The summed E-state index contributed by atoms with van der Waals surface area (Å²) in [7, 11) is 0. The highest BCUT2D eigenvalue weighted by atomic mass is 35.5. The molecule has 2 aromatic heterocycles. The lowest BCUT2D eigenvalue weighted by atomic mass is 9.86. The van der Waals surface area contributed by atoms with Crippen LogP contribution in [0.2, 0.25) is 10.0 Å². The van der Waals surface area contributed by atoms with Crippen molar-refractivity contribution < 1.29 is 9.47 Å². The first kappa shape index (κ1) is 26.1. The Hall–Kier alpha value is -4.12. The van der Waals surface area contributed by atoms with Gasteiger partial charge < -0.3 is 9.47 Å². The van der Waals surface area contributed by atoms with Crippen LogP contribution in [0.15, 0.2) is 97.6 Å². The number of nitrogens with zero attached hydrogens (tertiary/aromatic N) is 2. The van der Waals surface area contributed by atoms with Crippen LogP contribution in [0.3, 0.4) is 0 Å². The molecular formula is C34H26Cl2N2O2. The molecule has 0 aliphatic rings. The first-order valence-corrected chi connectivity index (χ1v) is 13.9. The zero-order valence-electron chi connectivity index (χ0n) is 22.1. The quantitative estimate of drug-likeness (QED) is 0.193. The largest absolute Gasteiger partial charge is 0.493 e. The van der Waals surface area contributed by atoms with Crippen molar-refractivity contribution in [3.05, 3.63) is 108 Å². The summed E-state index contributed by atoms with van der Waals surface area (Å²) in [6.45, 7) is 5.00. The van der Waals surface area contributed by atoms with E-state index in [1.165, 1.54) is 0 Å². The minimum atomic E-state index is 0.505. The second-order valence-corrected chi connectivity index (χ2v) is 10.2. The zero-order chi connectivity index (χ0) is 27.6. The van der Waals surface area contributed by atoms with Crippen molar-refractivity contribution in [3.63, 3.8) is 0 Å². The summed E-state index contributed by atoms with van der Waals surface area (Å²) < 4.78 is 12.7. The lowest BCUT2D eigenvalue weighted by Gasteiger charge is -2.22. The van der Waals surface area contributed by atoms with Crippen LogP contribution < -0.4 is 9.47 Å². The van der Waals surface area contributed by atoms with E-state index in [1.54, 1.807) is 24.8 Å². The van der Waals surface area contributed by atoms with Gasteiger partial charge in [0.25, 0.3) is 0 Å². The van der Waals surface area contributed by atoms with Gasteiger partial charge in [-0.25, -0.2) is 0 Å². The molecule has 0 radical (unpaired) electrons. The summed E-state index contributed by atoms with van der Waals surface area (Å²) in [6.07, 6.45) is 7.18. The van der Waals surface area contributed by atoms with E-state index in [4.69, 9.17) is 32.7 Å². The SMILES string of the molecule is CCOc1cc(-c2ccncc2)c2cc(Cl)ccc2c1-c1c(OCC)cc(-c2ccncc2)c2cc(Cl)ccc12. The summed E-state index contributed by atoms with van der Waals surface area (Å²) in [5.41, 5.74) is 6.00. The number of aromatic nitrogens is 2. The number of fused-ring (bicyclic) bond motifs is 2. The van der Waals surface area contributed by atoms with Crippen molar-refractivity contribution >= 4 is 44.7 Å². The van der Waals surface area contributed by atoms with Crippen LogP contribution in [0, 0.1) is 0 Å². The molecule has 6 rings (SSSR count). The van der Waals surface area contributed by atoms with E-state index >= 15 is 0 Å². The predicted molar refractivity (Wildman–Crippen MR) is 166 cm³/mol. The highest BCUT2D eigenvalue weighted by Crippen LogP contribution is 2.50. The molecule has 0 aliphatic heterocycles. The fourth-order valence-corrected chi connectivity index (χ4v) is 5.68. The Morgan fingerprint density at radius 1 is 0.525 bits per heavy atom. The van der Waals surface area contributed by atoms with Crippen molar-refractivity contribution in [2.75, 3.05) is 13.2 Å². The third-order valence-corrected chi connectivity index (χ3v) is 7.43. The van der Waals surface area contributed by atoms with E-state index in [0.29, 0.717) is 23.3 Å². The molecule has 0 fully saturated rings. The lowest BCUT2D eigenvalue weighted by molar-refractivity contribution is 0.337. The molecule has 0 unspecified atom stereocenters. The van der Waals surface area contributed by atoms with E-state index in [1.807, 2.05) is 62.4 Å². The summed E-state index contributed by atoms with van der Waals surface area (Å²) >= 11 is 13.1. The van der Waals surface area contributed by atoms with E-state index < -0.39 is 0 Å². The smallest absolute Gasteiger partial charge is 0.128 e. The average molecular weight is 566 g/mol. The summed E-state index contributed by atoms with van der Waals surface area (Å²) in [4.78, 5) is 8.42. The maximum absolute atomic E-state index is 6.57. The first-order chi connectivity index (χ1) is 19.6. The Balaban J connectivity index is 1.77. The number of benzene rings is 4. The molecule has 40 heavy (non-hydrogen) atoms. The molecule has 6 aromatic rings. The Morgan fingerprint density at radius 2 is 0.925 bits per heavy atom. The normalized spacial score (nSPS) is 11.2. The fraction of sp³-hybridized carbons (Fsp3) is 0.118. The lowest BCUT2D eigenvalue weighted by Crippen LogP contribution is -2.01. The van der Waals surface area contributed by atoms with Crippen LogP contribution in [0.5, 0.6) is 11.5 Å². The number of rotatable bonds is 7. The summed E-state index contributed by atoms with van der Waals surface area (Å²) in [6, 6.07) is 24.2. The predicted octanol–water partition coefficient (Wildman–Crippen LogP) is 9.89. The zero-order valence-corrected chi connectivity index (χ0v) is 23.6. The second-order valence-electron chi connectivity index (χ2n) is 9.31. The van der Waals surface area contributed by atoms with Gasteiger partial charge in [0.2, 0.25) is 0 Å². The number of hydrogen-bond donors (Lipinski definition) is 0. The van der Waals surface area contributed by atoms with Gasteiger partial charge in [-0.05, 0) is 118 Å². The molecule has 0 saturated heterocycles. The van der Waals surface area contributed by atoms with Gasteiger partial charge in [0.1, 0.15) is 11.5 Å². The number of pyridine rings is 2. The van der Waals surface area contributed by atoms with Gasteiger partial charge in [-0.2, -0.15) is 0 Å². The van der Waals surface area contributed by atoms with E-state index in [9.17, 15) is 0 Å². The molecule has 0 saturated carbocycles. The Bertz CT molecular complexity index is 1700. The Kier molecular flexibility index (Phi) is 7.29.